The summed E-state index contributed by atoms with van der Waals surface area (Å²) in [7, 11) is 0. The monoisotopic (exact) mass is 412 g/mol. The lowest BCUT2D eigenvalue weighted by Gasteiger charge is -2.26. The second kappa shape index (κ2) is 8.67. The number of hydrogen-bond donors (Lipinski definition) is 2. The van der Waals surface area contributed by atoms with Gasteiger partial charge in [0.15, 0.2) is 0 Å². The highest BCUT2D eigenvalue weighted by molar-refractivity contribution is 9.10. The second-order valence-electron chi connectivity index (χ2n) is 6.35. The summed E-state index contributed by atoms with van der Waals surface area (Å²) in [5.74, 6) is 0.361. The molecule has 6 nitrogen and oxygen atoms in total. The van der Waals surface area contributed by atoms with Crippen LogP contribution < -0.4 is 10.1 Å². The molecule has 1 atom stereocenters. The smallest absolute Gasteiger partial charge is 0.325 e. The molecule has 25 heavy (non-hydrogen) atoms. The van der Waals surface area contributed by atoms with E-state index in [1.54, 1.807) is 12.1 Å². The van der Waals surface area contributed by atoms with Gasteiger partial charge in [0.25, 0.3) is 5.91 Å². The van der Waals surface area contributed by atoms with Crippen molar-refractivity contribution in [2.75, 3.05) is 13.2 Å². The molecule has 1 fully saturated rings. The number of nitrogens with one attached hydrogen (secondary N) is 1. The molecule has 2 rings (SSSR count). The Morgan fingerprint density at radius 1 is 1.28 bits per heavy atom. The quantitative estimate of drug-likeness (QED) is 0.610. The van der Waals surface area contributed by atoms with E-state index in [0.717, 1.165) is 22.2 Å². The normalized spacial score (nSPS) is 17.5. The highest BCUT2D eigenvalue weighted by Crippen LogP contribution is 2.28. The third-order valence-corrected chi connectivity index (χ3v) is 4.72. The minimum absolute atomic E-state index is 0.00205. The zero-order chi connectivity index (χ0) is 18.4. The highest BCUT2D eigenvalue weighted by atomic mass is 79.9. The molecule has 1 aliphatic rings. The van der Waals surface area contributed by atoms with E-state index in [4.69, 9.17) is 4.74 Å². The van der Waals surface area contributed by atoms with Crippen molar-refractivity contribution < 1.29 is 19.4 Å². The van der Waals surface area contributed by atoms with Crippen molar-refractivity contribution in [3.63, 3.8) is 0 Å². The van der Waals surface area contributed by atoms with Crippen LogP contribution in [0.2, 0.25) is 0 Å². The van der Waals surface area contributed by atoms with Crippen LogP contribution in [0.1, 0.15) is 39.5 Å². The predicted molar refractivity (Wildman–Crippen MR) is 98.4 cm³/mol. The van der Waals surface area contributed by atoms with Gasteiger partial charge in [-0.3, -0.25) is 9.69 Å². The van der Waals surface area contributed by atoms with Gasteiger partial charge in [-0.2, -0.15) is 0 Å². The SMILES string of the molecule is CCCC1(CCC)NC(=O)N(CC(O)COc2cccc(Br)c2)C1=O. The molecule has 0 spiro atoms. The van der Waals surface area contributed by atoms with Gasteiger partial charge >= 0.3 is 6.03 Å². The number of hydrogen-bond acceptors (Lipinski definition) is 4. The molecular weight excluding hydrogens is 388 g/mol. The van der Waals surface area contributed by atoms with Crippen LogP contribution in [0.5, 0.6) is 5.75 Å². The lowest BCUT2D eigenvalue weighted by Crippen LogP contribution is -2.47. The van der Waals surface area contributed by atoms with Crippen LogP contribution in [0.25, 0.3) is 0 Å². The van der Waals surface area contributed by atoms with E-state index >= 15 is 0 Å². The molecule has 7 heteroatoms. The molecule has 3 amide bonds. The van der Waals surface area contributed by atoms with Crippen LogP contribution in [-0.4, -0.2) is 46.7 Å². The molecule has 1 aromatic rings. The zero-order valence-corrected chi connectivity index (χ0v) is 16.2. The second-order valence-corrected chi connectivity index (χ2v) is 7.27. The molecule has 2 N–H and O–H groups in total. The average Bonchev–Trinajstić information content (AvgIpc) is 2.78. The van der Waals surface area contributed by atoms with E-state index in [0.29, 0.717) is 18.6 Å². The van der Waals surface area contributed by atoms with Crippen LogP contribution in [0.3, 0.4) is 0 Å². The van der Waals surface area contributed by atoms with Gasteiger partial charge < -0.3 is 15.2 Å². The minimum atomic E-state index is -0.951. The minimum Gasteiger partial charge on any atom is -0.491 e. The number of urea groups is 1. The molecule has 1 saturated heterocycles. The van der Waals surface area contributed by atoms with Crippen molar-refractivity contribution in [2.45, 2.75) is 51.2 Å². The molecule has 0 radical (unpaired) electrons. The van der Waals surface area contributed by atoms with Gasteiger partial charge in [0.05, 0.1) is 6.54 Å². The van der Waals surface area contributed by atoms with Gasteiger partial charge in [-0.25, -0.2) is 4.79 Å². The number of β-amino-alcohol motifs (C(OH)–C–C–N with tert-alkyl or cyclic N) is 1. The molecule has 0 saturated carbocycles. The van der Waals surface area contributed by atoms with Crippen LogP contribution in [0.4, 0.5) is 4.79 Å². The fourth-order valence-corrected chi connectivity index (χ4v) is 3.55. The molecule has 0 aliphatic carbocycles. The van der Waals surface area contributed by atoms with Crippen molar-refractivity contribution in [3.8, 4) is 5.75 Å². The first-order valence-electron chi connectivity index (χ1n) is 8.62. The fourth-order valence-electron chi connectivity index (χ4n) is 3.17. The summed E-state index contributed by atoms with van der Waals surface area (Å²) in [4.78, 5) is 26.1. The number of halogens is 1. The Balaban J connectivity index is 1.96. The van der Waals surface area contributed by atoms with Crippen molar-refractivity contribution >= 4 is 27.9 Å². The summed E-state index contributed by atoms with van der Waals surface area (Å²) in [6.07, 6.45) is 1.86. The third-order valence-electron chi connectivity index (χ3n) is 4.23. The Bertz CT molecular complexity index is 617. The highest BCUT2D eigenvalue weighted by Gasteiger charge is 2.50. The summed E-state index contributed by atoms with van der Waals surface area (Å²) in [6, 6.07) is 6.82. The molecule has 138 valence electrons. The van der Waals surface area contributed by atoms with Gasteiger partial charge in [-0.15, -0.1) is 0 Å². The average molecular weight is 413 g/mol. The summed E-state index contributed by atoms with van der Waals surface area (Å²) in [5, 5.41) is 13.0. The van der Waals surface area contributed by atoms with Gasteiger partial charge in [-0.1, -0.05) is 48.7 Å². The van der Waals surface area contributed by atoms with Gasteiger partial charge in [0.1, 0.15) is 24.0 Å². The summed E-state index contributed by atoms with van der Waals surface area (Å²) >= 11 is 3.35. The maximum Gasteiger partial charge on any atom is 0.325 e. The van der Waals surface area contributed by atoms with Crippen LogP contribution in [-0.2, 0) is 4.79 Å². The molecule has 1 aliphatic heterocycles. The molecule has 1 heterocycles. The number of benzene rings is 1. The predicted octanol–water partition coefficient (Wildman–Crippen LogP) is 3.08. The van der Waals surface area contributed by atoms with Crippen LogP contribution in [0, 0.1) is 0 Å². The van der Waals surface area contributed by atoms with Crippen LogP contribution in [0.15, 0.2) is 28.7 Å². The number of carbonyl (C=O) groups is 2. The molecule has 0 aromatic heterocycles. The van der Waals surface area contributed by atoms with E-state index in [1.165, 1.54) is 0 Å². The molecule has 1 unspecified atom stereocenters. The lowest BCUT2D eigenvalue weighted by molar-refractivity contribution is -0.133. The number of amides is 3. The maximum absolute atomic E-state index is 12.8. The molecular formula is C18H25BrN2O4. The summed E-state index contributed by atoms with van der Waals surface area (Å²) in [5.41, 5.74) is -0.828. The lowest BCUT2D eigenvalue weighted by atomic mass is 9.88. The standard InChI is InChI=1S/C18H25BrN2O4/c1-3-8-18(9-4-2)16(23)21(17(24)20-18)11-14(22)12-25-15-7-5-6-13(19)10-15/h5-7,10,14,22H,3-4,8-9,11-12H2,1-2H3,(H,20,24). The number of nitrogens with zero attached hydrogens (tertiary/aromatic N) is 1. The number of ether oxygens (including phenoxy) is 1. The molecule has 1 aromatic carbocycles. The first-order chi connectivity index (χ1) is 11.9. The number of aliphatic hydroxyl groups is 1. The van der Waals surface area contributed by atoms with Gasteiger partial charge in [0, 0.05) is 4.47 Å². The first-order valence-corrected chi connectivity index (χ1v) is 9.41. The largest absolute Gasteiger partial charge is 0.491 e. The topological polar surface area (TPSA) is 78.9 Å². The van der Waals surface area contributed by atoms with E-state index in [9.17, 15) is 14.7 Å². The fraction of sp³-hybridized carbons (Fsp3) is 0.556. The number of aliphatic hydroxyl groups excluding tert-OH is 1. The van der Waals surface area contributed by atoms with Crippen molar-refractivity contribution in [2.24, 2.45) is 0 Å². The Labute approximate surface area is 156 Å². The Kier molecular flexibility index (Phi) is 6.84. The van der Waals surface area contributed by atoms with E-state index in [-0.39, 0.29) is 19.1 Å². The number of rotatable bonds is 9. The van der Waals surface area contributed by atoms with E-state index < -0.39 is 17.7 Å². The molecule has 0 bridgehead atoms. The van der Waals surface area contributed by atoms with Crippen molar-refractivity contribution in [1.29, 1.82) is 0 Å². The van der Waals surface area contributed by atoms with Crippen LogP contribution >= 0.6 is 15.9 Å². The van der Waals surface area contributed by atoms with Gasteiger partial charge in [-0.05, 0) is 31.0 Å². The summed E-state index contributed by atoms with van der Waals surface area (Å²) in [6.45, 7) is 3.90. The Morgan fingerprint density at radius 3 is 2.56 bits per heavy atom. The Hall–Kier alpha value is -1.60. The number of imide groups is 1. The summed E-state index contributed by atoms with van der Waals surface area (Å²) < 4.78 is 6.40. The third kappa shape index (κ3) is 4.73. The van der Waals surface area contributed by atoms with Crippen molar-refractivity contribution in [3.05, 3.63) is 28.7 Å². The first kappa shape index (κ1) is 19.7. The number of carbonyl (C=O) groups excluding carboxylic acids is 2. The van der Waals surface area contributed by atoms with E-state index in [1.807, 2.05) is 26.0 Å². The van der Waals surface area contributed by atoms with E-state index in [2.05, 4.69) is 21.2 Å². The van der Waals surface area contributed by atoms with Crippen molar-refractivity contribution in [1.82, 2.24) is 10.2 Å². The zero-order valence-electron chi connectivity index (χ0n) is 14.6. The Morgan fingerprint density at radius 2 is 1.96 bits per heavy atom. The van der Waals surface area contributed by atoms with Gasteiger partial charge in [0.2, 0.25) is 0 Å². The maximum atomic E-state index is 12.8.